The van der Waals surface area contributed by atoms with Crippen molar-refractivity contribution in [1.82, 2.24) is 4.72 Å². The van der Waals surface area contributed by atoms with E-state index < -0.39 is 14.9 Å². The maximum atomic E-state index is 11.8. The number of nitro benzene ring substituents is 1. The third-order valence-corrected chi connectivity index (χ3v) is 4.32. The zero-order valence-electron chi connectivity index (χ0n) is 9.00. The zero-order valence-corrected chi connectivity index (χ0v) is 9.81. The van der Waals surface area contributed by atoms with Crippen LogP contribution in [0.25, 0.3) is 0 Å². The van der Waals surface area contributed by atoms with E-state index in [9.17, 15) is 18.5 Å². The average Bonchev–Trinajstić information content (AvgIpc) is 2.24. The van der Waals surface area contributed by atoms with Crippen LogP contribution in [0.5, 0.6) is 0 Å². The van der Waals surface area contributed by atoms with Gasteiger partial charge in [0.2, 0.25) is 10.0 Å². The second-order valence-corrected chi connectivity index (χ2v) is 5.71. The van der Waals surface area contributed by atoms with Crippen LogP contribution in [-0.2, 0) is 10.0 Å². The number of rotatable bonds is 4. The predicted octanol–water partition coefficient (Wildman–Crippen LogP) is 1.43. The second-order valence-electron chi connectivity index (χ2n) is 4.00. The van der Waals surface area contributed by atoms with E-state index >= 15 is 0 Å². The zero-order chi connectivity index (χ0) is 12.5. The summed E-state index contributed by atoms with van der Waals surface area (Å²) in [7, 11) is -3.54. The van der Waals surface area contributed by atoms with E-state index in [1.165, 1.54) is 24.3 Å². The average molecular weight is 256 g/mol. The van der Waals surface area contributed by atoms with E-state index in [4.69, 9.17) is 0 Å². The minimum absolute atomic E-state index is 0.00944. The number of sulfonamides is 1. The number of benzene rings is 1. The second kappa shape index (κ2) is 4.42. The van der Waals surface area contributed by atoms with Gasteiger partial charge in [-0.05, 0) is 25.0 Å². The fourth-order valence-corrected chi connectivity index (χ4v) is 2.87. The molecule has 0 amide bonds. The third-order valence-electron chi connectivity index (χ3n) is 2.78. The van der Waals surface area contributed by atoms with Gasteiger partial charge in [-0.25, -0.2) is 13.1 Å². The third kappa shape index (κ3) is 2.62. The predicted molar refractivity (Wildman–Crippen MR) is 61.1 cm³/mol. The number of non-ortho nitro benzene ring substituents is 1. The number of nitro groups is 1. The summed E-state index contributed by atoms with van der Waals surface area (Å²) in [4.78, 5) is 9.94. The van der Waals surface area contributed by atoms with Crippen molar-refractivity contribution in [3.05, 3.63) is 34.4 Å². The highest BCUT2D eigenvalue weighted by atomic mass is 32.2. The van der Waals surface area contributed by atoms with Crippen molar-refractivity contribution in [3.63, 3.8) is 0 Å². The lowest BCUT2D eigenvalue weighted by atomic mass is 9.94. The molecule has 0 unspecified atom stereocenters. The molecule has 2 rings (SSSR count). The van der Waals surface area contributed by atoms with Crippen LogP contribution in [0.1, 0.15) is 19.3 Å². The molecule has 1 aromatic rings. The monoisotopic (exact) mass is 256 g/mol. The van der Waals surface area contributed by atoms with E-state index in [1.807, 2.05) is 0 Å². The van der Waals surface area contributed by atoms with Crippen LogP contribution in [0, 0.1) is 10.1 Å². The van der Waals surface area contributed by atoms with Gasteiger partial charge in [-0.1, -0.05) is 6.42 Å². The Bertz CT molecular complexity index is 520. The lowest BCUT2D eigenvalue weighted by Gasteiger charge is -2.25. The molecule has 0 heterocycles. The van der Waals surface area contributed by atoms with Crippen molar-refractivity contribution < 1.29 is 13.3 Å². The van der Waals surface area contributed by atoms with Gasteiger partial charge in [0.05, 0.1) is 9.82 Å². The molecule has 1 aromatic carbocycles. The molecule has 1 N–H and O–H groups in total. The highest BCUT2D eigenvalue weighted by Gasteiger charge is 2.24. The maximum Gasteiger partial charge on any atom is 0.269 e. The van der Waals surface area contributed by atoms with Crippen molar-refractivity contribution in [2.24, 2.45) is 0 Å². The van der Waals surface area contributed by atoms with Gasteiger partial charge in [0.25, 0.3) is 5.69 Å². The Morgan fingerprint density at radius 2 is 1.82 bits per heavy atom. The van der Waals surface area contributed by atoms with Crippen LogP contribution in [0.4, 0.5) is 5.69 Å². The minimum atomic E-state index is -3.54. The Balaban J connectivity index is 2.17. The first-order valence-corrected chi connectivity index (χ1v) is 6.74. The first kappa shape index (κ1) is 12.0. The molecule has 17 heavy (non-hydrogen) atoms. The molecule has 1 aliphatic rings. The molecule has 0 atom stereocenters. The Hall–Kier alpha value is -1.47. The lowest BCUT2D eigenvalue weighted by Crippen LogP contribution is -2.39. The molecular formula is C10H12N2O4S. The number of hydrogen-bond donors (Lipinski definition) is 1. The van der Waals surface area contributed by atoms with Gasteiger partial charge in [-0.3, -0.25) is 10.1 Å². The molecule has 6 nitrogen and oxygen atoms in total. The molecule has 1 aliphatic carbocycles. The molecule has 92 valence electrons. The fraction of sp³-hybridized carbons (Fsp3) is 0.400. The molecule has 0 saturated heterocycles. The van der Waals surface area contributed by atoms with Crippen molar-refractivity contribution in [2.75, 3.05) is 0 Å². The summed E-state index contributed by atoms with van der Waals surface area (Å²) in [5.74, 6) is 0. The minimum Gasteiger partial charge on any atom is -0.258 e. The summed E-state index contributed by atoms with van der Waals surface area (Å²) in [6.45, 7) is 0. The van der Waals surface area contributed by atoms with Crippen LogP contribution >= 0.6 is 0 Å². The van der Waals surface area contributed by atoms with Gasteiger partial charge >= 0.3 is 0 Å². The van der Waals surface area contributed by atoms with Gasteiger partial charge in [0, 0.05) is 18.2 Å². The van der Waals surface area contributed by atoms with Gasteiger partial charge in [-0.2, -0.15) is 0 Å². The van der Waals surface area contributed by atoms with Crippen LogP contribution in [-0.4, -0.2) is 19.4 Å². The molecular weight excluding hydrogens is 244 g/mol. The topological polar surface area (TPSA) is 89.3 Å². The summed E-state index contributed by atoms with van der Waals surface area (Å²) in [5, 5.41) is 10.4. The van der Waals surface area contributed by atoms with Crippen molar-refractivity contribution in [3.8, 4) is 0 Å². The highest BCUT2D eigenvalue weighted by Crippen LogP contribution is 2.22. The first-order valence-electron chi connectivity index (χ1n) is 5.26. The van der Waals surface area contributed by atoms with Crippen molar-refractivity contribution >= 4 is 15.7 Å². The van der Waals surface area contributed by atoms with Crippen LogP contribution in [0.3, 0.4) is 0 Å². The molecule has 0 aliphatic heterocycles. The smallest absolute Gasteiger partial charge is 0.258 e. The molecule has 0 bridgehead atoms. The number of nitrogens with zero attached hydrogens (tertiary/aromatic N) is 1. The van der Waals surface area contributed by atoms with Crippen molar-refractivity contribution in [2.45, 2.75) is 30.2 Å². The fourth-order valence-electron chi connectivity index (χ4n) is 1.56. The molecule has 7 heteroatoms. The van der Waals surface area contributed by atoms with E-state index in [0.717, 1.165) is 19.3 Å². The number of hydrogen-bond acceptors (Lipinski definition) is 4. The van der Waals surface area contributed by atoms with Gasteiger partial charge < -0.3 is 0 Å². The van der Waals surface area contributed by atoms with E-state index in [1.54, 1.807) is 0 Å². The maximum absolute atomic E-state index is 11.8. The van der Waals surface area contributed by atoms with Crippen LogP contribution < -0.4 is 4.72 Å². The number of nitrogens with one attached hydrogen (secondary N) is 1. The summed E-state index contributed by atoms with van der Waals surface area (Å²) >= 11 is 0. The largest absolute Gasteiger partial charge is 0.269 e. The van der Waals surface area contributed by atoms with E-state index in [0.29, 0.717) is 0 Å². The lowest BCUT2D eigenvalue weighted by molar-refractivity contribution is -0.384. The summed E-state index contributed by atoms with van der Waals surface area (Å²) < 4.78 is 26.2. The van der Waals surface area contributed by atoms with Gasteiger partial charge in [0.15, 0.2) is 0 Å². The molecule has 0 radical (unpaired) electrons. The van der Waals surface area contributed by atoms with E-state index in [-0.39, 0.29) is 16.6 Å². The first-order chi connectivity index (χ1) is 7.99. The standard InChI is InChI=1S/C10H12N2O4S/c13-12(14)9-4-6-10(7-5-9)17(15,16)11-8-2-1-3-8/h4-8,11H,1-3H2. The Labute approximate surface area is 98.8 Å². The van der Waals surface area contributed by atoms with Crippen molar-refractivity contribution in [1.29, 1.82) is 0 Å². The Morgan fingerprint density at radius 3 is 2.24 bits per heavy atom. The Kier molecular flexibility index (Phi) is 3.12. The molecule has 1 fully saturated rings. The SMILES string of the molecule is O=[N+]([O-])c1ccc(S(=O)(=O)NC2CCC2)cc1. The molecule has 0 aromatic heterocycles. The van der Waals surface area contributed by atoms with Gasteiger partial charge in [0.1, 0.15) is 0 Å². The Morgan fingerprint density at radius 1 is 1.24 bits per heavy atom. The van der Waals surface area contributed by atoms with Gasteiger partial charge in [-0.15, -0.1) is 0 Å². The quantitative estimate of drug-likeness (QED) is 0.651. The molecule has 1 saturated carbocycles. The van der Waals surface area contributed by atoms with E-state index in [2.05, 4.69) is 4.72 Å². The van der Waals surface area contributed by atoms with Crippen LogP contribution in [0.2, 0.25) is 0 Å². The molecule has 0 spiro atoms. The van der Waals surface area contributed by atoms with Crippen LogP contribution in [0.15, 0.2) is 29.2 Å². The normalized spacial score (nSPS) is 16.5. The summed E-state index contributed by atoms with van der Waals surface area (Å²) in [6.07, 6.45) is 2.74. The summed E-state index contributed by atoms with van der Waals surface area (Å²) in [5.41, 5.74) is -0.118. The highest BCUT2D eigenvalue weighted by molar-refractivity contribution is 7.89. The summed E-state index contributed by atoms with van der Waals surface area (Å²) in [6, 6.07) is 4.89.